The van der Waals surface area contributed by atoms with Crippen LogP contribution >= 0.6 is 11.3 Å². The fourth-order valence-electron chi connectivity index (χ4n) is 3.86. The van der Waals surface area contributed by atoms with Crippen LogP contribution in [0.15, 0.2) is 53.4 Å². The van der Waals surface area contributed by atoms with E-state index in [0.29, 0.717) is 41.3 Å². The second kappa shape index (κ2) is 12.8. The minimum atomic E-state index is -1.88. The lowest BCUT2D eigenvalue weighted by Gasteiger charge is -2.20. The summed E-state index contributed by atoms with van der Waals surface area (Å²) in [6, 6.07) is 16.2. The van der Waals surface area contributed by atoms with Gasteiger partial charge in [0.05, 0.1) is 4.88 Å². The molecule has 0 aliphatic heterocycles. The first-order valence-electron chi connectivity index (χ1n) is 12.0. The van der Waals surface area contributed by atoms with Crippen molar-refractivity contribution in [2.75, 3.05) is 20.1 Å². The summed E-state index contributed by atoms with van der Waals surface area (Å²) < 4.78 is 15.5. The smallest absolute Gasteiger partial charge is 0.262 e. The van der Waals surface area contributed by atoms with Gasteiger partial charge in [0.25, 0.3) is 5.91 Å². The average Bonchev–Trinajstić information content (AvgIpc) is 3.28. The Morgan fingerprint density at radius 1 is 1.17 bits per heavy atom. The minimum absolute atomic E-state index is 0.224. The van der Waals surface area contributed by atoms with E-state index in [-0.39, 0.29) is 17.7 Å². The van der Waals surface area contributed by atoms with Crippen molar-refractivity contribution in [3.05, 3.63) is 64.5 Å². The molecular weight excluding hydrogens is 492 g/mol. The van der Waals surface area contributed by atoms with E-state index in [1.807, 2.05) is 45.0 Å². The van der Waals surface area contributed by atoms with Gasteiger partial charge in [-0.15, -0.1) is 15.6 Å². The van der Waals surface area contributed by atoms with Crippen LogP contribution in [0.5, 0.6) is 0 Å². The Bertz CT molecular complexity index is 1300. The van der Waals surface area contributed by atoms with E-state index in [1.54, 1.807) is 35.6 Å². The van der Waals surface area contributed by atoms with Crippen molar-refractivity contribution in [1.82, 2.24) is 14.9 Å². The van der Waals surface area contributed by atoms with Gasteiger partial charge in [-0.3, -0.25) is 9.59 Å². The predicted molar refractivity (Wildman–Crippen MR) is 146 cm³/mol. The van der Waals surface area contributed by atoms with Crippen molar-refractivity contribution in [3.8, 4) is 6.07 Å². The molecule has 0 fully saturated rings. The van der Waals surface area contributed by atoms with Crippen molar-refractivity contribution in [3.63, 3.8) is 0 Å². The molecule has 0 radical (unpaired) electrons. The zero-order valence-electron chi connectivity index (χ0n) is 21.1. The zero-order chi connectivity index (χ0) is 26.2. The molecule has 2 aromatic carbocycles. The van der Waals surface area contributed by atoms with E-state index in [1.165, 1.54) is 11.3 Å². The van der Waals surface area contributed by atoms with Crippen molar-refractivity contribution < 1.29 is 13.8 Å². The summed E-state index contributed by atoms with van der Waals surface area (Å²) in [5, 5.41) is 16.1. The lowest BCUT2D eigenvalue weighted by Crippen LogP contribution is -2.47. The number of nitrogens with one attached hydrogen (secondary N) is 2. The molecule has 0 spiro atoms. The van der Waals surface area contributed by atoms with Gasteiger partial charge in [0, 0.05) is 24.8 Å². The number of rotatable bonds is 11. The third-order valence-corrected chi connectivity index (χ3v) is 8.46. The van der Waals surface area contributed by atoms with Crippen LogP contribution in [0, 0.1) is 24.2 Å². The quantitative estimate of drug-likeness (QED) is 0.221. The normalized spacial score (nSPS) is 12.9. The van der Waals surface area contributed by atoms with Crippen LogP contribution in [0.2, 0.25) is 0 Å². The van der Waals surface area contributed by atoms with Crippen molar-refractivity contribution >= 4 is 44.2 Å². The van der Waals surface area contributed by atoms with E-state index in [0.717, 1.165) is 15.6 Å². The maximum atomic E-state index is 12.9. The Kier molecular flexibility index (Phi) is 9.76. The van der Waals surface area contributed by atoms with Gasteiger partial charge in [0.2, 0.25) is 5.91 Å². The lowest BCUT2D eigenvalue weighted by atomic mass is 10.0. The SMILES string of the molecule is Cc1ccc2sc(C(=O)NC(CC(C)C)C(=O)NCCCN(C)[SH+](=O)c3ccccc3C#N)cc2c1. The Hall–Kier alpha value is -3.06. The van der Waals surface area contributed by atoms with Crippen LogP contribution in [0.25, 0.3) is 10.1 Å². The highest BCUT2D eigenvalue weighted by molar-refractivity contribution is 7.82. The fraction of sp³-hybridized carbons (Fsp3) is 0.370. The van der Waals surface area contributed by atoms with Crippen molar-refractivity contribution in [1.29, 1.82) is 5.26 Å². The highest BCUT2D eigenvalue weighted by Crippen LogP contribution is 2.26. The maximum absolute atomic E-state index is 12.9. The first-order valence-corrected chi connectivity index (χ1v) is 14.0. The molecule has 2 unspecified atom stereocenters. The van der Waals surface area contributed by atoms with Gasteiger partial charge < -0.3 is 10.6 Å². The third kappa shape index (κ3) is 7.23. The summed E-state index contributed by atoms with van der Waals surface area (Å²) in [6.07, 6.45) is 1.11. The van der Waals surface area contributed by atoms with Crippen LogP contribution < -0.4 is 10.6 Å². The number of aryl methyl sites for hydroxylation is 1. The summed E-state index contributed by atoms with van der Waals surface area (Å²) in [5.74, 6) is -0.250. The standard InChI is InChI=1S/C27H32N4O3S2/c1-18(2)14-22(30-27(33)24-16-21-15-19(3)10-11-23(21)35-24)26(32)29-12-7-13-31(4)36(34)25-9-6-5-8-20(25)17-28/h5-6,8-11,15-16,18,22H,7,12-14H2,1-4H3,(H,29,32)(H,30,33)/p+1. The first-order chi connectivity index (χ1) is 17.2. The summed E-state index contributed by atoms with van der Waals surface area (Å²) >= 11 is 1.42. The Morgan fingerprint density at radius 3 is 2.64 bits per heavy atom. The van der Waals surface area contributed by atoms with E-state index < -0.39 is 17.0 Å². The lowest BCUT2D eigenvalue weighted by molar-refractivity contribution is -0.123. The number of thiophene rings is 1. The van der Waals surface area contributed by atoms with E-state index in [9.17, 15) is 19.1 Å². The van der Waals surface area contributed by atoms with Gasteiger partial charge in [-0.25, -0.2) is 0 Å². The van der Waals surface area contributed by atoms with E-state index >= 15 is 0 Å². The molecule has 2 atom stereocenters. The second-order valence-electron chi connectivity index (χ2n) is 9.24. The van der Waals surface area contributed by atoms with Crippen molar-refractivity contribution in [2.24, 2.45) is 5.92 Å². The van der Waals surface area contributed by atoms with E-state index in [4.69, 9.17) is 0 Å². The Labute approximate surface area is 219 Å². The Morgan fingerprint density at radius 2 is 1.92 bits per heavy atom. The molecule has 0 aliphatic carbocycles. The van der Waals surface area contributed by atoms with Gasteiger partial charge >= 0.3 is 0 Å². The molecule has 0 bridgehead atoms. The molecule has 190 valence electrons. The summed E-state index contributed by atoms with van der Waals surface area (Å²) in [7, 11) is -0.137. The number of carbonyl (C=O) groups excluding carboxylic acids is 2. The number of nitrogens with zero attached hydrogens (tertiary/aromatic N) is 2. The summed E-state index contributed by atoms with van der Waals surface area (Å²) in [5.41, 5.74) is 1.54. The minimum Gasteiger partial charge on any atom is -0.354 e. The molecular formula is C27H33N4O3S2+. The van der Waals surface area contributed by atoms with E-state index in [2.05, 4.69) is 16.7 Å². The number of hydrogen-bond donors (Lipinski definition) is 2. The first kappa shape index (κ1) is 27.5. The molecule has 36 heavy (non-hydrogen) atoms. The van der Waals surface area contributed by atoms with Gasteiger partial charge in [0.15, 0.2) is 15.9 Å². The average molecular weight is 526 g/mol. The highest BCUT2D eigenvalue weighted by Gasteiger charge is 2.24. The molecule has 0 saturated carbocycles. The number of nitriles is 1. The molecule has 9 heteroatoms. The molecule has 0 aliphatic rings. The second-order valence-corrected chi connectivity index (χ2v) is 12.0. The molecule has 2 N–H and O–H groups in total. The number of benzene rings is 2. The van der Waals surface area contributed by atoms with Gasteiger partial charge in [0.1, 0.15) is 17.7 Å². The van der Waals surface area contributed by atoms with Gasteiger partial charge in [-0.05, 0) is 55.3 Å². The van der Waals surface area contributed by atoms with Crippen LogP contribution in [-0.2, 0) is 20.0 Å². The monoisotopic (exact) mass is 525 g/mol. The number of carbonyl (C=O) groups is 2. The van der Waals surface area contributed by atoms with Crippen LogP contribution in [0.1, 0.15) is 47.5 Å². The highest BCUT2D eigenvalue weighted by atomic mass is 32.2. The third-order valence-electron chi connectivity index (χ3n) is 5.72. The van der Waals surface area contributed by atoms with Crippen LogP contribution in [0.4, 0.5) is 0 Å². The zero-order valence-corrected chi connectivity index (χ0v) is 22.8. The largest absolute Gasteiger partial charge is 0.354 e. The molecule has 2 amide bonds. The van der Waals surface area contributed by atoms with Crippen LogP contribution in [-0.4, -0.2) is 42.3 Å². The van der Waals surface area contributed by atoms with Crippen molar-refractivity contribution in [2.45, 2.75) is 44.6 Å². The topological polar surface area (TPSA) is 102 Å². The van der Waals surface area contributed by atoms with Gasteiger partial charge in [-0.2, -0.15) is 5.26 Å². The summed E-state index contributed by atoms with van der Waals surface area (Å²) in [6.45, 7) is 6.91. The molecule has 1 aromatic heterocycles. The number of fused-ring (bicyclic) bond motifs is 1. The fourth-order valence-corrected chi connectivity index (χ4v) is 6.04. The van der Waals surface area contributed by atoms with Crippen LogP contribution in [0.3, 0.4) is 0 Å². The summed E-state index contributed by atoms with van der Waals surface area (Å²) in [4.78, 5) is 26.9. The molecule has 3 aromatic rings. The number of hydrogen-bond acceptors (Lipinski definition) is 5. The maximum Gasteiger partial charge on any atom is 0.262 e. The molecule has 7 nitrogen and oxygen atoms in total. The molecule has 3 rings (SSSR count). The molecule has 1 heterocycles. The Balaban J connectivity index is 1.54. The number of thiol groups is 1. The number of amides is 2. The predicted octanol–water partition coefficient (Wildman–Crippen LogP) is 4.33. The molecule has 0 saturated heterocycles. The van der Waals surface area contributed by atoms with Gasteiger partial charge in [-0.1, -0.05) is 47.9 Å².